The Balaban J connectivity index is 1.27. The zero-order valence-electron chi connectivity index (χ0n) is 14.8. The van der Waals surface area contributed by atoms with Crippen LogP contribution in [-0.2, 0) is 11.2 Å². The fourth-order valence-electron chi connectivity index (χ4n) is 4.12. The lowest BCUT2D eigenvalue weighted by Crippen LogP contribution is -2.43. The smallest absolute Gasteiger partial charge is 0.252 e. The van der Waals surface area contributed by atoms with Crippen molar-refractivity contribution in [2.24, 2.45) is 5.92 Å². The van der Waals surface area contributed by atoms with Crippen molar-refractivity contribution in [3.8, 4) is 0 Å². The lowest BCUT2D eigenvalue weighted by atomic mass is 9.94. The van der Waals surface area contributed by atoms with Crippen LogP contribution in [-0.4, -0.2) is 36.3 Å². The molecule has 1 aliphatic heterocycles. The monoisotopic (exact) mass is 368 g/mol. The van der Waals surface area contributed by atoms with Gasteiger partial charge in [0.1, 0.15) is 0 Å². The second-order valence-corrected chi connectivity index (χ2v) is 8.06. The molecule has 0 unspecified atom stereocenters. The van der Waals surface area contributed by atoms with E-state index in [9.17, 15) is 9.59 Å². The largest absolute Gasteiger partial charge is 0.352 e. The van der Waals surface area contributed by atoms with E-state index in [-0.39, 0.29) is 17.7 Å². The normalized spacial score (nSPS) is 20.0. The number of likely N-dealkylation sites (tertiary alicyclic amines) is 1. The van der Waals surface area contributed by atoms with Crippen LogP contribution in [0, 0.1) is 5.92 Å². The standard InChI is InChI=1S/C21H24N2O2S/c24-20(17-9-12-26-14-17)22-13-15-7-10-23(11-8-15)21(25)19-6-5-16-3-1-2-4-18(16)19/h1-4,9,12,14-15,19H,5-8,10-11,13H2,(H,22,24)/t19-/m1/s1. The predicted octanol–water partition coefficient (Wildman–Crippen LogP) is 3.45. The summed E-state index contributed by atoms with van der Waals surface area (Å²) in [6, 6.07) is 10.2. The number of thiophene rings is 1. The van der Waals surface area contributed by atoms with Crippen molar-refractivity contribution in [3.05, 3.63) is 57.8 Å². The molecule has 1 aromatic heterocycles. The minimum Gasteiger partial charge on any atom is -0.352 e. The van der Waals surface area contributed by atoms with Crippen LogP contribution in [0.2, 0.25) is 0 Å². The van der Waals surface area contributed by atoms with Crippen LogP contribution in [0.15, 0.2) is 41.1 Å². The molecule has 5 heteroatoms. The average molecular weight is 369 g/mol. The molecule has 1 aromatic carbocycles. The molecular weight excluding hydrogens is 344 g/mol. The summed E-state index contributed by atoms with van der Waals surface area (Å²) in [5.41, 5.74) is 3.29. The molecule has 0 radical (unpaired) electrons. The molecule has 0 spiro atoms. The Bertz CT molecular complexity index is 779. The van der Waals surface area contributed by atoms with Crippen molar-refractivity contribution in [2.75, 3.05) is 19.6 Å². The lowest BCUT2D eigenvalue weighted by molar-refractivity contribution is -0.134. The fraction of sp³-hybridized carbons (Fsp3) is 0.429. The van der Waals surface area contributed by atoms with Gasteiger partial charge in [0.2, 0.25) is 5.91 Å². The molecule has 1 fully saturated rings. The number of aryl methyl sites for hydroxylation is 1. The SMILES string of the molecule is O=C(NCC1CCN(C(=O)[C@@H]2CCc3ccccc32)CC1)c1ccsc1. The van der Waals surface area contributed by atoms with Gasteiger partial charge in [-0.3, -0.25) is 9.59 Å². The summed E-state index contributed by atoms with van der Waals surface area (Å²) in [5.74, 6) is 0.793. The number of benzene rings is 1. The summed E-state index contributed by atoms with van der Waals surface area (Å²) >= 11 is 1.54. The number of fused-ring (bicyclic) bond motifs is 1. The summed E-state index contributed by atoms with van der Waals surface area (Å²) in [7, 11) is 0. The van der Waals surface area contributed by atoms with Crippen LogP contribution in [0.4, 0.5) is 0 Å². The van der Waals surface area contributed by atoms with Crippen molar-refractivity contribution < 1.29 is 9.59 Å². The van der Waals surface area contributed by atoms with Gasteiger partial charge in [0.25, 0.3) is 5.91 Å². The lowest BCUT2D eigenvalue weighted by Gasteiger charge is -2.33. The topological polar surface area (TPSA) is 49.4 Å². The summed E-state index contributed by atoms with van der Waals surface area (Å²) in [4.78, 5) is 27.0. The molecule has 1 N–H and O–H groups in total. The van der Waals surface area contributed by atoms with Crippen molar-refractivity contribution in [2.45, 2.75) is 31.6 Å². The highest BCUT2D eigenvalue weighted by atomic mass is 32.1. The highest BCUT2D eigenvalue weighted by molar-refractivity contribution is 7.08. The first-order valence-electron chi connectivity index (χ1n) is 9.39. The van der Waals surface area contributed by atoms with Crippen molar-refractivity contribution in [1.82, 2.24) is 10.2 Å². The number of amides is 2. The number of nitrogens with one attached hydrogen (secondary N) is 1. The maximum atomic E-state index is 12.9. The second kappa shape index (κ2) is 7.62. The zero-order chi connectivity index (χ0) is 17.9. The Labute approximate surface area is 158 Å². The highest BCUT2D eigenvalue weighted by Gasteiger charge is 2.33. The van der Waals surface area contributed by atoms with E-state index in [4.69, 9.17) is 0 Å². The van der Waals surface area contributed by atoms with E-state index in [1.54, 1.807) is 0 Å². The van der Waals surface area contributed by atoms with E-state index in [0.717, 1.165) is 44.3 Å². The van der Waals surface area contributed by atoms with Gasteiger partial charge in [-0.05, 0) is 54.2 Å². The Morgan fingerprint density at radius 2 is 1.92 bits per heavy atom. The van der Waals surface area contributed by atoms with Gasteiger partial charge in [-0.2, -0.15) is 11.3 Å². The summed E-state index contributed by atoms with van der Waals surface area (Å²) in [6.07, 6.45) is 3.88. The molecule has 2 aliphatic rings. The quantitative estimate of drug-likeness (QED) is 0.899. The first-order chi connectivity index (χ1) is 12.7. The maximum absolute atomic E-state index is 12.9. The maximum Gasteiger partial charge on any atom is 0.252 e. The van der Waals surface area contributed by atoms with Crippen LogP contribution in [0.3, 0.4) is 0 Å². The molecule has 2 heterocycles. The molecule has 136 valence electrons. The van der Waals surface area contributed by atoms with Gasteiger partial charge in [0.05, 0.1) is 5.92 Å². The molecule has 0 saturated carbocycles. The van der Waals surface area contributed by atoms with Gasteiger partial charge in [-0.15, -0.1) is 0 Å². The minimum atomic E-state index is 0.00678. The molecule has 1 aliphatic carbocycles. The van der Waals surface area contributed by atoms with E-state index < -0.39 is 0 Å². The average Bonchev–Trinajstić information content (AvgIpc) is 3.36. The molecule has 0 bridgehead atoms. The summed E-state index contributed by atoms with van der Waals surface area (Å²) in [5, 5.41) is 6.82. The number of carbonyl (C=O) groups is 2. The predicted molar refractivity (Wildman–Crippen MR) is 103 cm³/mol. The van der Waals surface area contributed by atoms with Crippen LogP contribution in [0.25, 0.3) is 0 Å². The number of carbonyl (C=O) groups excluding carboxylic acids is 2. The van der Waals surface area contributed by atoms with Gasteiger partial charge in [-0.25, -0.2) is 0 Å². The second-order valence-electron chi connectivity index (χ2n) is 7.28. The Morgan fingerprint density at radius 1 is 1.12 bits per heavy atom. The van der Waals surface area contributed by atoms with Gasteiger partial charge in [-0.1, -0.05) is 24.3 Å². The minimum absolute atomic E-state index is 0.00678. The van der Waals surface area contributed by atoms with Crippen LogP contribution in [0.5, 0.6) is 0 Å². The molecule has 2 aromatic rings. The first-order valence-corrected chi connectivity index (χ1v) is 10.3. The number of nitrogens with zero attached hydrogens (tertiary/aromatic N) is 1. The van der Waals surface area contributed by atoms with Crippen LogP contribution in [0.1, 0.15) is 46.7 Å². The van der Waals surface area contributed by atoms with Gasteiger partial charge in [0.15, 0.2) is 0 Å². The third kappa shape index (κ3) is 3.54. The molecule has 2 amide bonds. The van der Waals surface area contributed by atoms with Gasteiger partial charge in [0, 0.05) is 30.6 Å². The Morgan fingerprint density at radius 3 is 2.69 bits per heavy atom. The Kier molecular flexibility index (Phi) is 5.07. The van der Waals surface area contributed by atoms with Crippen molar-refractivity contribution in [1.29, 1.82) is 0 Å². The molecule has 4 rings (SSSR count). The third-order valence-corrected chi connectivity index (χ3v) is 6.38. The molecule has 1 atom stereocenters. The van der Waals surface area contributed by atoms with E-state index in [1.807, 2.05) is 27.8 Å². The summed E-state index contributed by atoms with van der Waals surface area (Å²) < 4.78 is 0. The molecular formula is C21H24N2O2S. The van der Waals surface area contributed by atoms with E-state index in [1.165, 1.54) is 22.5 Å². The summed E-state index contributed by atoms with van der Waals surface area (Å²) in [6.45, 7) is 2.30. The van der Waals surface area contributed by atoms with Crippen LogP contribution >= 0.6 is 11.3 Å². The Hall–Kier alpha value is -2.14. The zero-order valence-corrected chi connectivity index (χ0v) is 15.6. The number of hydrogen-bond donors (Lipinski definition) is 1. The fourth-order valence-corrected chi connectivity index (χ4v) is 4.76. The number of piperidine rings is 1. The molecule has 4 nitrogen and oxygen atoms in total. The molecule has 1 saturated heterocycles. The first kappa shape index (κ1) is 17.3. The number of rotatable bonds is 4. The van der Waals surface area contributed by atoms with E-state index >= 15 is 0 Å². The van der Waals surface area contributed by atoms with Gasteiger partial charge >= 0.3 is 0 Å². The highest BCUT2D eigenvalue weighted by Crippen LogP contribution is 2.35. The number of hydrogen-bond acceptors (Lipinski definition) is 3. The van der Waals surface area contributed by atoms with Crippen LogP contribution < -0.4 is 5.32 Å². The van der Waals surface area contributed by atoms with E-state index in [2.05, 4.69) is 23.5 Å². The van der Waals surface area contributed by atoms with Crippen molar-refractivity contribution >= 4 is 23.2 Å². The van der Waals surface area contributed by atoms with Gasteiger partial charge < -0.3 is 10.2 Å². The van der Waals surface area contributed by atoms with E-state index in [0.29, 0.717) is 12.5 Å². The third-order valence-electron chi connectivity index (χ3n) is 5.69. The molecule has 26 heavy (non-hydrogen) atoms. The van der Waals surface area contributed by atoms with Crippen molar-refractivity contribution in [3.63, 3.8) is 0 Å².